The molecule has 0 aliphatic carbocycles. The number of hydrogen-bond donors (Lipinski definition) is 1. The predicted octanol–water partition coefficient (Wildman–Crippen LogP) is 2.48. The fraction of sp³-hybridized carbons (Fsp3) is 0.500. The second-order valence-electron chi connectivity index (χ2n) is 4.17. The lowest BCUT2D eigenvalue weighted by atomic mass is 10.2. The van der Waals surface area contributed by atoms with E-state index in [1.807, 2.05) is 18.2 Å². The summed E-state index contributed by atoms with van der Waals surface area (Å²) < 4.78 is 16.6. The topological polar surface area (TPSA) is 63.5 Å². The molecule has 0 bridgehead atoms. The number of hydrogen-bond acceptors (Lipinski definition) is 5. The van der Waals surface area contributed by atoms with Gasteiger partial charge in [0.2, 0.25) is 0 Å². The smallest absolute Gasteiger partial charge is 0.181 e. The number of ether oxygens (including phenoxy) is 3. The van der Waals surface area contributed by atoms with Crippen LogP contribution in [0, 0.1) is 11.3 Å². The largest absolute Gasteiger partial charge is 0.493 e. The molecular weight excluding hydrogens is 324 g/mol. The van der Waals surface area contributed by atoms with Crippen molar-refractivity contribution >= 4 is 15.9 Å². The first-order chi connectivity index (χ1) is 9.62. The number of benzene rings is 1. The van der Waals surface area contributed by atoms with Crippen LogP contribution in [0.5, 0.6) is 11.5 Å². The van der Waals surface area contributed by atoms with Gasteiger partial charge in [0, 0.05) is 20.2 Å². The minimum atomic E-state index is -0.536. The second kappa shape index (κ2) is 8.80. The third-order valence-corrected chi connectivity index (χ3v) is 3.17. The van der Waals surface area contributed by atoms with Gasteiger partial charge >= 0.3 is 0 Å². The fourth-order valence-corrected chi connectivity index (χ4v) is 2.18. The molecule has 1 N–H and O–H groups in total. The minimum absolute atomic E-state index is 0.536. The van der Waals surface area contributed by atoms with Crippen molar-refractivity contribution in [3.63, 3.8) is 0 Å². The lowest BCUT2D eigenvalue weighted by Crippen LogP contribution is -2.18. The lowest BCUT2D eigenvalue weighted by Gasteiger charge is -2.15. The molecule has 110 valence electrons. The average molecular weight is 343 g/mol. The zero-order valence-electron chi connectivity index (χ0n) is 11.9. The molecule has 20 heavy (non-hydrogen) atoms. The van der Waals surface area contributed by atoms with Gasteiger partial charge in [-0.25, -0.2) is 0 Å². The first-order valence-electron chi connectivity index (χ1n) is 6.24. The van der Waals surface area contributed by atoms with Crippen molar-refractivity contribution in [3.05, 3.63) is 22.2 Å². The molecule has 0 spiro atoms. The van der Waals surface area contributed by atoms with Crippen LogP contribution in [0.3, 0.4) is 0 Å². The highest BCUT2D eigenvalue weighted by Gasteiger charge is 2.14. The maximum absolute atomic E-state index is 8.82. The molecule has 0 radical (unpaired) electrons. The minimum Gasteiger partial charge on any atom is -0.493 e. The summed E-state index contributed by atoms with van der Waals surface area (Å²) in [5.74, 6) is 1.15. The van der Waals surface area contributed by atoms with Crippen LogP contribution in [0.2, 0.25) is 0 Å². The van der Waals surface area contributed by atoms with Crippen molar-refractivity contribution in [3.8, 4) is 17.6 Å². The molecule has 0 saturated heterocycles. The van der Waals surface area contributed by atoms with Crippen LogP contribution in [0.4, 0.5) is 0 Å². The van der Waals surface area contributed by atoms with Crippen molar-refractivity contribution in [1.29, 1.82) is 5.26 Å². The summed E-state index contributed by atoms with van der Waals surface area (Å²) in [7, 11) is 3.25. The number of methoxy groups -OCH3 is 2. The van der Waals surface area contributed by atoms with Gasteiger partial charge in [0.25, 0.3) is 0 Å². The Balaban J connectivity index is 2.82. The van der Waals surface area contributed by atoms with E-state index in [9.17, 15) is 0 Å². The van der Waals surface area contributed by atoms with Gasteiger partial charge in [0.05, 0.1) is 18.2 Å². The van der Waals surface area contributed by atoms with E-state index in [2.05, 4.69) is 21.2 Å². The van der Waals surface area contributed by atoms with Crippen molar-refractivity contribution in [2.75, 3.05) is 27.4 Å². The normalized spacial score (nSPS) is 11.8. The Hall–Kier alpha value is -1.29. The summed E-state index contributed by atoms with van der Waals surface area (Å²) in [5, 5.41) is 12.1. The standard InChI is InChI=1S/C14H19BrN2O3/c1-10(8-16)20-14-12(15)6-11(7-13(14)19-3)9-17-4-5-18-2/h6-7,10,17H,4-5,9H2,1-3H3. The number of nitrogens with zero attached hydrogens (tertiary/aromatic N) is 1. The molecule has 0 amide bonds. The summed E-state index contributed by atoms with van der Waals surface area (Å²) in [6, 6.07) is 5.87. The number of halogens is 1. The zero-order chi connectivity index (χ0) is 15.0. The van der Waals surface area contributed by atoms with E-state index < -0.39 is 6.10 Å². The highest BCUT2D eigenvalue weighted by atomic mass is 79.9. The molecule has 0 aromatic heterocycles. The van der Waals surface area contributed by atoms with Gasteiger partial charge in [0.15, 0.2) is 17.6 Å². The van der Waals surface area contributed by atoms with Crippen LogP contribution in [0.1, 0.15) is 12.5 Å². The SMILES string of the molecule is COCCNCc1cc(Br)c(OC(C)C#N)c(OC)c1. The lowest BCUT2D eigenvalue weighted by molar-refractivity contribution is 0.199. The molecule has 6 heteroatoms. The van der Waals surface area contributed by atoms with Crippen LogP contribution in [-0.4, -0.2) is 33.5 Å². The molecule has 1 aromatic rings. The van der Waals surface area contributed by atoms with Gasteiger partial charge in [0.1, 0.15) is 6.07 Å². The first kappa shape index (κ1) is 16.8. The number of nitrogens with one attached hydrogen (secondary N) is 1. The van der Waals surface area contributed by atoms with Crippen molar-refractivity contribution < 1.29 is 14.2 Å². The summed E-state index contributed by atoms with van der Waals surface area (Å²) >= 11 is 3.45. The Bertz CT molecular complexity index is 474. The van der Waals surface area contributed by atoms with Crippen LogP contribution < -0.4 is 14.8 Å². The van der Waals surface area contributed by atoms with Gasteiger partial charge in [-0.15, -0.1) is 0 Å². The van der Waals surface area contributed by atoms with E-state index in [1.54, 1.807) is 21.1 Å². The van der Waals surface area contributed by atoms with Gasteiger partial charge in [-0.1, -0.05) is 0 Å². The summed E-state index contributed by atoms with van der Waals surface area (Å²) in [5.41, 5.74) is 1.06. The number of rotatable bonds is 8. The fourth-order valence-electron chi connectivity index (χ4n) is 1.60. The predicted molar refractivity (Wildman–Crippen MR) is 80.0 cm³/mol. The van der Waals surface area contributed by atoms with Crippen molar-refractivity contribution in [2.24, 2.45) is 0 Å². The average Bonchev–Trinajstić information content (AvgIpc) is 2.45. The third kappa shape index (κ3) is 5.00. The van der Waals surface area contributed by atoms with E-state index in [4.69, 9.17) is 19.5 Å². The van der Waals surface area contributed by atoms with E-state index in [1.165, 1.54) is 0 Å². The maximum atomic E-state index is 8.82. The zero-order valence-corrected chi connectivity index (χ0v) is 13.5. The molecule has 0 aliphatic rings. The maximum Gasteiger partial charge on any atom is 0.181 e. The summed E-state index contributed by atoms with van der Waals surface area (Å²) in [6.07, 6.45) is -0.536. The molecule has 5 nitrogen and oxygen atoms in total. The molecule has 0 aliphatic heterocycles. The van der Waals surface area contributed by atoms with Crippen LogP contribution in [0.15, 0.2) is 16.6 Å². The Morgan fingerprint density at radius 1 is 1.40 bits per heavy atom. The Labute approximate surface area is 128 Å². The van der Waals surface area contributed by atoms with Gasteiger partial charge in [-0.2, -0.15) is 5.26 Å². The van der Waals surface area contributed by atoms with Crippen molar-refractivity contribution in [2.45, 2.75) is 19.6 Å². The molecule has 1 unspecified atom stereocenters. The van der Waals surface area contributed by atoms with Crippen LogP contribution >= 0.6 is 15.9 Å². The van der Waals surface area contributed by atoms with Gasteiger partial charge in [-0.3, -0.25) is 0 Å². The van der Waals surface area contributed by atoms with Crippen molar-refractivity contribution in [1.82, 2.24) is 5.32 Å². The quantitative estimate of drug-likeness (QED) is 0.735. The molecule has 0 saturated carbocycles. The van der Waals surface area contributed by atoms with Gasteiger partial charge in [-0.05, 0) is 40.5 Å². The van der Waals surface area contributed by atoms with Crippen LogP contribution in [-0.2, 0) is 11.3 Å². The Morgan fingerprint density at radius 3 is 2.75 bits per heavy atom. The number of nitriles is 1. The second-order valence-corrected chi connectivity index (χ2v) is 5.02. The van der Waals surface area contributed by atoms with E-state index in [0.29, 0.717) is 24.7 Å². The molecular formula is C14H19BrN2O3. The van der Waals surface area contributed by atoms with Crippen LogP contribution in [0.25, 0.3) is 0 Å². The Morgan fingerprint density at radius 2 is 2.15 bits per heavy atom. The molecule has 1 rings (SSSR count). The summed E-state index contributed by atoms with van der Waals surface area (Å²) in [6.45, 7) is 3.83. The Kier molecular flexibility index (Phi) is 7.37. The summed E-state index contributed by atoms with van der Waals surface area (Å²) in [4.78, 5) is 0. The van der Waals surface area contributed by atoms with Gasteiger partial charge < -0.3 is 19.5 Å². The first-order valence-corrected chi connectivity index (χ1v) is 7.04. The van der Waals surface area contributed by atoms with E-state index in [0.717, 1.165) is 16.6 Å². The highest BCUT2D eigenvalue weighted by molar-refractivity contribution is 9.10. The third-order valence-electron chi connectivity index (χ3n) is 2.58. The van der Waals surface area contributed by atoms with E-state index >= 15 is 0 Å². The highest BCUT2D eigenvalue weighted by Crippen LogP contribution is 2.37. The monoisotopic (exact) mass is 342 g/mol. The van der Waals surface area contributed by atoms with E-state index in [-0.39, 0.29) is 0 Å². The molecule has 1 atom stereocenters. The molecule has 0 fully saturated rings. The molecule has 0 heterocycles. The molecule has 1 aromatic carbocycles.